The van der Waals surface area contributed by atoms with Crippen molar-refractivity contribution in [2.24, 2.45) is 0 Å². The Morgan fingerprint density at radius 1 is 1.00 bits per heavy atom. The van der Waals surface area contributed by atoms with Gasteiger partial charge in [-0.25, -0.2) is 0 Å². The summed E-state index contributed by atoms with van der Waals surface area (Å²) in [5.74, 6) is 2.57. The SMILES string of the molecule is Cc1ccc2c(c1)C1(CCCSC1)c1ccccc1-2. The lowest BCUT2D eigenvalue weighted by molar-refractivity contribution is 0.522. The standard InChI is InChI=1S/C18H18S/c1-13-7-8-15-14-5-2-3-6-16(14)18(17(15)11-13)9-4-10-19-12-18/h2-3,5-8,11H,4,9-10,12H2,1H3. The Kier molecular flexibility index (Phi) is 2.53. The predicted octanol–water partition coefficient (Wildman–Crippen LogP) is 4.79. The van der Waals surface area contributed by atoms with Gasteiger partial charge < -0.3 is 0 Å². The molecule has 2 aromatic carbocycles. The van der Waals surface area contributed by atoms with E-state index in [1.165, 1.54) is 41.0 Å². The third-order valence-electron chi connectivity index (χ3n) is 4.66. The number of thioether (sulfide) groups is 1. The van der Waals surface area contributed by atoms with E-state index in [0.29, 0.717) is 5.41 Å². The van der Waals surface area contributed by atoms with Crippen LogP contribution in [0.1, 0.15) is 29.5 Å². The Morgan fingerprint density at radius 3 is 2.68 bits per heavy atom. The highest BCUT2D eigenvalue weighted by atomic mass is 32.2. The number of rotatable bonds is 0. The molecule has 19 heavy (non-hydrogen) atoms. The van der Waals surface area contributed by atoms with Crippen LogP contribution in [0.3, 0.4) is 0 Å². The van der Waals surface area contributed by atoms with Crippen molar-refractivity contribution < 1.29 is 0 Å². The summed E-state index contributed by atoms with van der Waals surface area (Å²) in [6.45, 7) is 2.22. The molecule has 0 bridgehead atoms. The van der Waals surface area contributed by atoms with Crippen LogP contribution in [0.15, 0.2) is 42.5 Å². The first-order valence-corrected chi connectivity index (χ1v) is 8.25. The molecule has 1 aliphatic heterocycles. The molecule has 1 unspecified atom stereocenters. The maximum absolute atomic E-state index is 2.43. The lowest BCUT2D eigenvalue weighted by atomic mass is 9.76. The van der Waals surface area contributed by atoms with Crippen molar-refractivity contribution in [2.75, 3.05) is 11.5 Å². The quantitative estimate of drug-likeness (QED) is 0.660. The van der Waals surface area contributed by atoms with E-state index >= 15 is 0 Å². The molecule has 1 heteroatoms. The molecule has 0 nitrogen and oxygen atoms in total. The van der Waals surface area contributed by atoms with E-state index in [2.05, 4.69) is 61.2 Å². The van der Waals surface area contributed by atoms with Crippen LogP contribution in [0.4, 0.5) is 0 Å². The van der Waals surface area contributed by atoms with Gasteiger partial charge >= 0.3 is 0 Å². The summed E-state index contributed by atoms with van der Waals surface area (Å²) >= 11 is 2.12. The Hall–Kier alpha value is -1.21. The molecule has 1 aliphatic carbocycles. The molecule has 0 saturated carbocycles. The van der Waals surface area contributed by atoms with Gasteiger partial charge in [0.05, 0.1) is 0 Å². The minimum Gasteiger partial charge on any atom is -0.161 e. The first-order chi connectivity index (χ1) is 9.31. The molecule has 1 fully saturated rings. The summed E-state index contributed by atoms with van der Waals surface area (Å²) in [6.07, 6.45) is 2.65. The average molecular weight is 266 g/mol. The van der Waals surface area contributed by atoms with Gasteiger partial charge in [0, 0.05) is 11.2 Å². The van der Waals surface area contributed by atoms with E-state index < -0.39 is 0 Å². The van der Waals surface area contributed by atoms with Crippen LogP contribution in [-0.2, 0) is 5.41 Å². The first kappa shape index (κ1) is 11.6. The van der Waals surface area contributed by atoms with Crippen LogP contribution in [-0.4, -0.2) is 11.5 Å². The molecule has 96 valence electrons. The van der Waals surface area contributed by atoms with Crippen LogP contribution in [0.25, 0.3) is 11.1 Å². The molecule has 2 aliphatic rings. The molecular weight excluding hydrogens is 248 g/mol. The highest BCUT2D eigenvalue weighted by Crippen LogP contribution is 2.54. The second-order valence-corrected chi connectivity index (χ2v) is 6.94. The fourth-order valence-corrected chi connectivity index (χ4v) is 5.09. The largest absolute Gasteiger partial charge is 0.161 e. The number of hydrogen-bond donors (Lipinski definition) is 0. The van der Waals surface area contributed by atoms with Gasteiger partial charge in [-0.1, -0.05) is 48.0 Å². The maximum Gasteiger partial charge on any atom is 0.0305 e. The minimum absolute atomic E-state index is 0.293. The van der Waals surface area contributed by atoms with Gasteiger partial charge in [-0.05, 0) is 47.8 Å². The number of fused-ring (bicyclic) bond motifs is 5. The van der Waals surface area contributed by atoms with Crippen molar-refractivity contribution in [3.05, 3.63) is 59.2 Å². The van der Waals surface area contributed by atoms with Crippen LogP contribution in [0.5, 0.6) is 0 Å². The normalized spacial score (nSPS) is 24.3. The fourth-order valence-electron chi connectivity index (χ4n) is 3.79. The molecule has 0 N–H and O–H groups in total. The monoisotopic (exact) mass is 266 g/mol. The summed E-state index contributed by atoms with van der Waals surface area (Å²) in [4.78, 5) is 0. The number of hydrogen-bond acceptors (Lipinski definition) is 1. The van der Waals surface area contributed by atoms with Crippen molar-refractivity contribution >= 4 is 11.8 Å². The van der Waals surface area contributed by atoms with Gasteiger partial charge in [0.15, 0.2) is 0 Å². The highest BCUT2D eigenvalue weighted by molar-refractivity contribution is 7.99. The summed E-state index contributed by atoms with van der Waals surface area (Å²) in [6, 6.07) is 16.1. The van der Waals surface area contributed by atoms with Gasteiger partial charge in [0.25, 0.3) is 0 Å². The molecule has 1 spiro atoms. The van der Waals surface area contributed by atoms with Crippen LogP contribution < -0.4 is 0 Å². The summed E-state index contributed by atoms with van der Waals surface area (Å²) in [7, 11) is 0. The predicted molar refractivity (Wildman–Crippen MR) is 84.0 cm³/mol. The van der Waals surface area contributed by atoms with Gasteiger partial charge in [-0.15, -0.1) is 0 Å². The fraction of sp³-hybridized carbons (Fsp3) is 0.333. The number of benzene rings is 2. The van der Waals surface area contributed by atoms with Crippen LogP contribution in [0.2, 0.25) is 0 Å². The average Bonchev–Trinajstić information content (AvgIpc) is 2.71. The molecule has 1 atom stereocenters. The third-order valence-corrected chi connectivity index (χ3v) is 5.94. The first-order valence-electron chi connectivity index (χ1n) is 7.10. The van der Waals surface area contributed by atoms with Crippen molar-refractivity contribution in [1.82, 2.24) is 0 Å². The molecule has 0 aromatic heterocycles. The summed E-state index contributed by atoms with van der Waals surface area (Å²) in [5, 5.41) is 0. The third kappa shape index (κ3) is 1.54. The lowest BCUT2D eigenvalue weighted by Crippen LogP contribution is -2.31. The van der Waals surface area contributed by atoms with Gasteiger partial charge in [-0.2, -0.15) is 11.8 Å². The highest BCUT2D eigenvalue weighted by Gasteiger charge is 2.43. The Labute approximate surface area is 119 Å². The second kappa shape index (κ2) is 4.14. The molecule has 1 saturated heterocycles. The smallest absolute Gasteiger partial charge is 0.0305 e. The molecule has 1 heterocycles. The van der Waals surface area contributed by atoms with Gasteiger partial charge in [0.1, 0.15) is 0 Å². The van der Waals surface area contributed by atoms with Crippen molar-refractivity contribution in [3.8, 4) is 11.1 Å². The summed E-state index contributed by atoms with van der Waals surface area (Å²) in [5.41, 5.74) is 7.79. The Bertz CT molecular complexity index is 636. The zero-order chi connectivity index (χ0) is 12.9. The molecule has 4 rings (SSSR count). The van der Waals surface area contributed by atoms with Crippen molar-refractivity contribution in [3.63, 3.8) is 0 Å². The molecule has 2 aromatic rings. The van der Waals surface area contributed by atoms with Crippen LogP contribution in [0, 0.1) is 6.92 Å². The zero-order valence-electron chi connectivity index (χ0n) is 11.3. The van der Waals surface area contributed by atoms with E-state index in [9.17, 15) is 0 Å². The second-order valence-electron chi connectivity index (χ2n) is 5.83. The summed E-state index contributed by atoms with van der Waals surface area (Å²) < 4.78 is 0. The van der Waals surface area contributed by atoms with Crippen LogP contribution >= 0.6 is 11.8 Å². The minimum atomic E-state index is 0.293. The van der Waals surface area contributed by atoms with E-state index in [1.54, 1.807) is 11.1 Å². The van der Waals surface area contributed by atoms with E-state index in [0.717, 1.165) is 0 Å². The molecule has 0 amide bonds. The van der Waals surface area contributed by atoms with E-state index in [-0.39, 0.29) is 0 Å². The topological polar surface area (TPSA) is 0 Å². The van der Waals surface area contributed by atoms with Gasteiger partial charge in [0.2, 0.25) is 0 Å². The zero-order valence-corrected chi connectivity index (χ0v) is 12.1. The Morgan fingerprint density at radius 2 is 1.84 bits per heavy atom. The molecular formula is C18H18S. The lowest BCUT2D eigenvalue weighted by Gasteiger charge is -2.35. The van der Waals surface area contributed by atoms with Gasteiger partial charge in [-0.3, -0.25) is 0 Å². The van der Waals surface area contributed by atoms with Crippen molar-refractivity contribution in [2.45, 2.75) is 25.2 Å². The van der Waals surface area contributed by atoms with E-state index in [4.69, 9.17) is 0 Å². The van der Waals surface area contributed by atoms with E-state index in [1.807, 2.05) is 0 Å². The Balaban J connectivity index is 2.03. The maximum atomic E-state index is 2.43. The number of aryl methyl sites for hydroxylation is 1. The van der Waals surface area contributed by atoms with Crippen molar-refractivity contribution in [1.29, 1.82) is 0 Å². The molecule has 0 radical (unpaired) electrons.